The monoisotopic (exact) mass is 372 g/mol. The average Bonchev–Trinajstić information content (AvgIpc) is 2.65. The third-order valence-electron chi connectivity index (χ3n) is 6.54. The molecule has 1 aliphatic carbocycles. The molecule has 0 unspecified atom stereocenters. The smallest absolute Gasteiger partial charge is 0.335 e. The Morgan fingerprint density at radius 1 is 0.893 bits per heavy atom. The van der Waals surface area contributed by atoms with Gasteiger partial charge in [0, 0.05) is 0 Å². The first kappa shape index (κ1) is 18.7. The Kier molecular flexibility index (Phi) is 4.33. The van der Waals surface area contributed by atoms with Gasteiger partial charge in [-0.05, 0) is 75.3 Å². The van der Waals surface area contributed by atoms with Gasteiger partial charge in [-0.15, -0.1) is 0 Å². The lowest BCUT2D eigenvalue weighted by atomic mass is 9.62. The molecular weight excluding hydrogens is 344 g/mol. The van der Waals surface area contributed by atoms with Crippen LogP contribution in [-0.2, 0) is 17.3 Å². The van der Waals surface area contributed by atoms with Gasteiger partial charge in [-0.1, -0.05) is 70.2 Å². The van der Waals surface area contributed by atoms with Crippen LogP contribution >= 0.6 is 0 Å². The number of rotatable bonds is 3. The summed E-state index contributed by atoms with van der Waals surface area (Å²) >= 11 is 0. The van der Waals surface area contributed by atoms with Crippen molar-refractivity contribution in [3.8, 4) is 0 Å². The van der Waals surface area contributed by atoms with E-state index >= 15 is 0 Å². The molecule has 0 aromatic heterocycles. The molecule has 1 aliphatic rings. The summed E-state index contributed by atoms with van der Waals surface area (Å²) in [5.74, 6) is -0.881. The summed E-state index contributed by atoms with van der Waals surface area (Å²) in [6, 6.07) is 18.6. The number of aromatic carboxylic acids is 1. The number of fused-ring (bicyclic) bond motifs is 2. The molecule has 0 saturated heterocycles. The van der Waals surface area contributed by atoms with E-state index in [4.69, 9.17) is 5.11 Å². The van der Waals surface area contributed by atoms with Crippen LogP contribution in [0.4, 0.5) is 0 Å². The van der Waals surface area contributed by atoms with E-state index in [1.807, 2.05) is 12.1 Å². The van der Waals surface area contributed by atoms with Crippen molar-refractivity contribution in [3.05, 3.63) is 82.4 Å². The maximum Gasteiger partial charge on any atom is 0.335 e. The lowest BCUT2D eigenvalue weighted by Gasteiger charge is -2.42. The first-order valence-electron chi connectivity index (χ1n) is 10.1. The minimum atomic E-state index is -0.881. The molecule has 0 fully saturated rings. The second kappa shape index (κ2) is 6.48. The van der Waals surface area contributed by atoms with E-state index in [0.717, 1.165) is 12.0 Å². The number of carboxylic acids is 1. The Bertz CT molecular complexity index is 1060. The molecule has 0 amide bonds. The fourth-order valence-electron chi connectivity index (χ4n) is 4.54. The van der Waals surface area contributed by atoms with Crippen LogP contribution in [0, 0.1) is 0 Å². The molecule has 1 N–H and O–H groups in total. The van der Waals surface area contributed by atoms with E-state index in [1.165, 1.54) is 40.3 Å². The highest BCUT2D eigenvalue weighted by Gasteiger charge is 2.37. The summed E-state index contributed by atoms with van der Waals surface area (Å²) in [6.07, 6.45) is 3.23. The minimum absolute atomic E-state index is 0.190. The maximum atomic E-state index is 11.1. The highest BCUT2D eigenvalue weighted by atomic mass is 16.4. The van der Waals surface area contributed by atoms with Crippen LogP contribution in [0.1, 0.15) is 73.1 Å². The van der Waals surface area contributed by atoms with Gasteiger partial charge in [0.1, 0.15) is 0 Å². The third kappa shape index (κ3) is 3.22. The second-order valence-electron chi connectivity index (χ2n) is 9.48. The standard InChI is InChI=1S/C26H28O2/c1-25(2)12-13-26(3,4)23-16-21-19(6-5-7-20(21)15-22(23)25)14-17-8-10-18(11-9-17)24(27)28/h5-11,15-16H,12-14H2,1-4H3,(H,27,28). The number of hydrogen-bond acceptors (Lipinski definition) is 1. The van der Waals surface area contributed by atoms with Gasteiger partial charge in [-0.3, -0.25) is 0 Å². The quantitative estimate of drug-likeness (QED) is 0.571. The number of carbonyl (C=O) groups is 1. The molecule has 2 nitrogen and oxygen atoms in total. The van der Waals surface area contributed by atoms with E-state index in [2.05, 4.69) is 58.0 Å². The molecule has 3 aromatic rings. The van der Waals surface area contributed by atoms with Crippen molar-refractivity contribution in [2.75, 3.05) is 0 Å². The fraction of sp³-hybridized carbons (Fsp3) is 0.346. The Hall–Kier alpha value is -2.61. The molecule has 0 radical (unpaired) electrons. The van der Waals surface area contributed by atoms with Gasteiger partial charge >= 0.3 is 5.97 Å². The average molecular weight is 373 g/mol. The summed E-state index contributed by atoms with van der Waals surface area (Å²) in [7, 11) is 0. The van der Waals surface area contributed by atoms with Crippen molar-refractivity contribution in [2.45, 2.75) is 57.8 Å². The summed E-state index contributed by atoms with van der Waals surface area (Å²) in [5.41, 5.74) is 6.12. The number of hydrogen-bond donors (Lipinski definition) is 1. The molecule has 0 spiro atoms. The predicted molar refractivity (Wildman–Crippen MR) is 115 cm³/mol. The van der Waals surface area contributed by atoms with Crippen LogP contribution in [0.3, 0.4) is 0 Å². The van der Waals surface area contributed by atoms with Gasteiger partial charge in [0.05, 0.1) is 5.56 Å². The number of carboxylic acid groups (broad SMARTS) is 1. The third-order valence-corrected chi connectivity index (χ3v) is 6.54. The Balaban J connectivity index is 1.81. The van der Waals surface area contributed by atoms with Crippen LogP contribution in [0.5, 0.6) is 0 Å². The van der Waals surface area contributed by atoms with Crippen molar-refractivity contribution in [3.63, 3.8) is 0 Å². The maximum absolute atomic E-state index is 11.1. The minimum Gasteiger partial charge on any atom is -0.478 e. The molecule has 0 saturated carbocycles. The first-order chi connectivity index (χ1) is 13.2. The zero-order chi connectivity index (χ0) is 20.1. The highest BCUT2D eigenvalue weighted by molar-refractivity contribution is 5.89. The van der Waals surface area contributed by atoms with Crippen LogP contribution < -0.4 is 0 Å². The molecule has 0 bridgehead atoms. The largest absolute Gasteiger partial charge is 0.478 e. The zero-order valence-corrected chi connectivity index (χ0v) is 17.2. The van der Waals surface area contributed by atoms with Crippen molar-refractivity contribution in [1.29, 1.82) is 0 Å². The predicted octanol–water partition coefficient (Wildman–Crippen LogP) is 6.48. The summed E-state index contributed by atoms with van der Waals surface area (Å²) in [5, 5.41) is 11.7. The highest BCUT2D eigenvalue weighted by Crippen LogP contribution is 2.47. The molecule has 3 aromatic carbocycles. The molecule has 4 rings (SSSR count). The Labute approximate surface area is 167 Å². The van der Waals surface area contributed by atoms with Crippen molar-refractivity contribution < 1.29 is 9.90 Å². The van der Waals surface area contributed by atoms with Gasteiger partial charge in [0.15, 0.2) is 0 Å². The number of benzene rings is 3. The molecule has 0 atom stereocenters. The fourth-order valence-corrected chi connectivity index (χ4v) is 4.54. The second-order valence-corrected chi connectivity index (χ2v) is 9.48. The Morgan fingerprint density at radius 3 is 2.11 bits per heavy atom. The van der Waals surface area contributed by atoms with Gasteiger partial charge in [0.25, 0.3) is 0 Å². The summed E-state index contributed by atoms with van der Waals surface area (Å²) in [4.78, 5) is 11.1. The molecular formula is C26H28O2. The molecule has 0 heterocycles. The van der Waals surface area contributed by atoms with E-state index in [-0.39, 0.29) is 10.8 Å². The molecule has 2 heteroatoms. The lowest BCUT2D eigenvalue weighted by Crippen LogP contribution is -2.33. The SMILES string of the molecule is CC1(C)CCC(C)(C)c2cc3c(Cc4ccc(C(=O)O)cc4)cccc3cc21. The van der Waals surface area contributed by atoms with E-state index in [0.29, 0.717) is 5.56 Å². The van der Waals surface area contributed by atoms with Gasteiger partial charge in [-0.25, -0.2) is 4.79 Å². The summed E-state index contributed by atoms with van der Waals surface area (Å²) in [6.45, 7) is 9.45. The van der Waals surface area contributed by atoms with Crippen LogP contribution in [0.2, 0.25) is 0 Å². The van der Waals surface area contributed by atoms with E-state index in [1.54, 1.807) is 12.1 Å². The van der Waals surface area contributed by atoms with Crippen molar-refractivity contribution in [2.24, 2.45) is 0 Å². The topological polar surface area (TPSA) is 37.3 Å². The molecule has 144 valence electrons. The first-order valence-corrected chi connectivity index (χ1v) is 10.1. The van der Waals surface area contributed by atoms with E-state index in [9.17, 15) is 4.79 Å². The Morgan fingerprint density at radius 2 is 1.50 bits per heavy atom. The van der Waals surface area contributed by atoms with Crippen molar-refractivity contribution in [1.82, 2.24) is 0 Å². The molecule has 0 aliphatic heterocycles. The van der Waals surface area contributed by atoms with Gasteiger partial charge in [0.2, 0.25) is 0 Å². The zero-order valence-electron chi connectivity index (χ0n) is 17.2. The lowest BCUT2D eigenvalue weighted by molar-refractivity contribution is 0.0697. The van der Waals surface area contributed by atoms with Crippen LogP contribution in [-0.4, -0.2) is 11.1 Å². The van der Waals surface area contributed by atoms with Gasteiger partial charge in [-0.2, -0.15) is 0 Å². The normalized spacial score (nSPS) is 17.3. The van der Waals surface area contributed by atoms with E-state index < -0.39 is 5.97 Å². The van der Waals surface area contributed by atoms with Crippen LogP contribution in [0.15, 0.2) is 54.6 Å². The summed E-state index contributed by atoms with van der Waals surface area (Å²) < 4.78 is 0. The van der Waals surface area contributed by atoms with Crippen molar-refractivity contribution >= 4 is 16.7 Å². The van der Waals surface area contributed by atoms with Gasteiger partial charge < -0.3 is 5.11 Å². The van der Waals surface area contributed by atoms with Crippen LogP contribution in [0.25, 0.3) is 10.8 Å². The molecule has 28 heavy (non-hydrogen) atoms.